The minimum absolute atomic E-state index is 0.861. The van der Waals surface area contributed by atoms with Gasteiger partial charge in [-0.1, -0.05) is 103 Å². The van der Waals surface area contributed by atoms with E-state index < -0.39 is 0 Å². The Morgan fingerprint density at radius 2 is 0.921 bits per heavy atom. The quantitative estimate of drug-likeness (QED) is 0.178. The van der Waals surface area contributed by atoms with E-state index in [1.807, 2.05) is 28.9 Å². The van der Waals surface area contributed by atoms with Gasteiger partial charge in [-0.15, -0.1) is 22.7 Å². The summed E-state index contributed by atoms with van der Waals surface area (Å²) in [6.45, 7) is 0. The maximum atomic E-state index is 5.18. The molecule has 0 spiro atoms. The summed E-state index contributed by atoms with van der Waals surface area (Å²) >= 11 is 5.00. The van der Waals surface area contributed by atoms with Gasteiger partial charge in [0.15, 0.2) is 0 Å². The number of aromatic nitrogens is 5. The lowest BCUT2D eigenvalue weighted by Crippen LogP contribution is -2.00. The minimum atomic E-state index is 0.861. The fraction of sp³-hybridized carbons (Fsp3) is 0. The van der Waals surface area contributed by atoms with E-state index in [4.69, 9.17) is 13.7 Å². The van der Waals surface area contributed by atoms with E-state index >= 15 is 0 Å². The molecule has 8 heteroatoms. The van der Waals surface area contributed by atoms with E-state index in [1.165, 1.54) is 84.7 Å². The number of rotatable bonds is 3. The zero-order valence-electron chi connectivity index (χ0n) is 33.2. The second-order valence-corrected chi connectivity index (χ2v) is 19.1. The van der Waals surface area contributed by atoms with Gasteiger partial charge in [0.1, 0.15) is 11.0 Å². The van der Waals surface area contributed by atoms with Gasteiger partial charge in [0.05, 0.1) is 45.2 Å². The molecule has 0 fully saturated rings. The smallest absolute Gasteiger partial charge is 0.130 e. The zero-order valence-corrected chi connectivity index (χ0v) is 35.7. The SMILES string of the molecule is c1ccc2c(c1)sc1cc3c4ccccc4n(-c4ccc5c(-c6c7ccccc7c(-n7c8ccccc8c8cc9sc%10ccccc%10c9cc87)c7nsnc67)nccc5c4)c3cc12. The predicted octanol–water partition coefficient (Wildman–Crippen LogP) is 16.0. The fourth-order valence-corrected chi connectivity index (χ4v) is 13.3. The lowest BCUT2D eigenvalue weighted by molar-refractivity contribution is 1.19. The first-order chi connectivity index (χ1) is 31.2. The van der Waals surface area contributed by atoms with E-state index in [2.05, 4.69) is 179 Å². The molecule has 0 saturated heterocycles. The summed E-state index contributed by atoms with van der Waals surface area (Å²) in [5, 5.41) is 14.5. The molecule has 292 valence electrons. The van der Waals surface area contributed by atoms with Crippen molar-refractivity contribution in [1.82, 2.24) is 22.9 Å². The number of para-hydroxylation sites is 2. The van der Waals surface area contributed by atoms with Crippen LogP contribution in [0.25, 0.3) is 139 Å². The predicted molar refractivity (Wildman–Crippen MR) is 270 cm³/mol. The Balaban J connectivity index is 0.976. The van der Waals surface area contributed by atoms with Crippen molar-refractivity contribution in [3.05, 3.63) is 176 Å². The molecule has 9 aromatic carbocycles. The van der Waals surface area contributed by atoms with Gasteiger partial charge in [-0.05, 0) is 77.5 Å². The Hall–Kier alpha value is -7.49. The van der Waals surface area contributed by atoms with Crippen LogP contribution >= 0.6 is 34.4 Å². The molecule has 0 radical (unpaired) electrons. The summed E-state index contributed by atoms with van der Waals surface area (Å²) in [6, 6.07) is 62.3. The summed E-state index contributed by atoms with van der Waals surface area (Å²) in [7, 11) is 0. The van der Waals surface area contributed by atoms with Crippen molar-refractivity contribution >= 4 is 151 Å². The van der Waals surface area contributed by atoms with Crippen LogP contribution in [0.5, 0.6) is 0 Å². The molecule has 6 heterocycles. The highest BCUT2D eigenvalue weighted by Crippen LogP contribution is 2.47. The van der Waals surface area contributed by atoms with Crippen LogP contribution < -0.4 is 0 Å². The van der Waals surface area contributed by atoms with Crippen molar-refractivity contribution in [2.24, 2.45) is 0 Å². The van der Waals surface area contributed by atoms with Gasteiger partial charge in [0.25, 0.3) is 0 Å². The third-order valence-corrected chi connectivity index (χ3v) is 16.0. The van der Waals surface area contributed by atoms with Crippen molar-refractivity contribution in [1.29, 1.82) is 0 Å². The number of fused-ring (bicyclic) bond motifs is 15. The van der Waals surface area contributed by atoms with Gasteiger partial charge in [0.2, 0.25) is 0 Å². The molecule has 0 N–H and O–H groups in total. The van der Waals surface area contributed by atoms with E-state index in [1.54, 1.807) is 0 Å². The Labute approximate surface area is 370 Å². The summed E-state index contributed by atoms with van der Waals surface area (Å²) in [5.74, 6) is 0. The molecular weight excluding hydrogens is 827 g/mol. The maximum absolute atomic E-state index is 5.18. The zero-order chi connectivity index (χ0) is 40.9. The molecule has 0 saturated carbocycles. The van der Waals surface area contributed by atoms with Gasteiger partial charge >= 0.3 is 0 Å². The van der Waals surface area contributed by atoms with Crippen LogP contribution in [0.4, 0.5) is 0 Å². The van der Waals surface area contributed by atoms with Gasteiger partial charge in [0, 0.05) is 90.1 Å². The molecule has 6 aromatic heterocycles. The molecule has 5 nitrogen and oxygen atoms in total. The molecule has 0 amide bonds. The summed E-state index contributed by atoms with van der Waals surface area (Å²) in [4.78, 5) is 5.18. The lowest BCUT2D eigenvalue weighted by Gasteiger charge is -2.17. The average Bonchev–Trinajstić information content (AvgIpc) is 4.16. The second-order valence-electron chi connectivity index (χ2n) is 16.4. The van der Waals surface area contributed by atoms with Gasteiger partial charge in [-0.25, -0.2) is 0 Å². The lowest BCUT2D eigenvalue weighted by atomic mass is 9.95. The molecule has 0 atom stereocenters. The van der Waals surface area contributed by atoms with Crippen LogP contribution in [0.3, 0.4) is 0 Å². The minimum Gasteiger partial charge on any atom is -0.309 e. The first kappa shape index (κ1) is 34.1. The Bertz CT molecular complexity index is 4470. The molecular formula is C55H29N5S3. The first-order valence-corrected chi connectivity index (χ1v) is 23.4. The van der Waals surface area contributed by atoms with Crippen LogP contribution in [-0.4, -0.2) is 22.9 Å². The highest BCUT2D eigenvalue weighted by Gasteiger charge is 2.25. The Morgan fingerprint density at radius 1 is 0.365 bits per heavy atom. The maximum Gasteiger partial charge on any atom is 0.130 e. The van der Waals surface area contributed by atoms with Crippen molar-refractivity contribution in [3.8, 4) is 22.6 Å². The van der Waals surface area contributed by atoms with Crippen molar-refractivity contribution in [2.75, 3.05) is 0 Å². The van der Waals surface area contributed by atoms with Crippen molar-refractivity contribution in [2.45, 2.75) is 0 Å². The van der Waals surface area contributed by atoms with Crippen LogP contribution in [0, 0.1) is 0 Å². The van der Waals surface area contributed by atoms with E-state index in [0.29, 0.717) is 0 Å². The summed E-state index contributed by atoms with van der Waals surface area (Å²) in [5.41, 5.74) is 10.5. The first-order valence-electron chi connectivity index (χ1n) is 21.0. The Kier molecular flexibility index (Phi) is 6.80. The van der Waals surface area contributed by atoms with E-state index in [9.17, 15) is 0 Å². The number of pyridine rings is 1. The van der Waals surface area contributed by atoms with Gasteiger partial charge in [-0.2, -0.15) is 8.75 Å². The highest BCUT2D eigenvalue weighted by atomic mass is 32.1. The molecule has 0 aliphatic carbocycles. The average molecular weight is 856 g/mol. The third-order valence-electron chi connectivity index (χ3n) is 13.2. The van der Waals surface area contributed by atoms with Crippen LogP contribution in [0.2, 0.25) is 0 Å². The number of hydrogen-bond donors (Lipinski definition) is 0. The number of thiophene rings is 2. The van der Waals surface area contributed by atoms with Gasteiger partial charge < -0.3 is 9.13 Å². The van der Waals surface area contributed by atoms with Gasteiger partial charge in [-0.3, -0.25) is 4.98 Å². The molecule has 63 heavy (non-hydrogen) atoms. The monoisotopic (exact) mass is 855 g/mol. The Morgan fingerprint density at radius 3 is 1.60 bits per heavy atom. The fourth-order valence-electron chi connectivity index (χ4n) is 10.5. The standard InChI is InChI=1S/C55H29N5S3/c1-2-16-38-37(15-1)51(53-54(58-63-57-53)55(38)60-44-18-8-4-12-34(44)40-29-50-42(27-46(40)60)36-14-6-10-20-48(36)62-50)52-32-22-21-31(25-30(32)23-24-56-52)59-43-17-7-3-11-33(43)39-28-49-41(26-45(39)59)35-13-5-9-19-47(35)61-49/h1-29H. The van der Waals surface area contributed by atoms with E-state index in [0.717, 1.165) is 66.2 Å². The molecule has 0 bridgehead atoms. The molecule has 0 unspecified atom stereocenters. The van der Waals surface area contributed by atoms with Crippen LogP contribution in [0.15, 0.2) is 176 Å². The number of benzene rings is 9. The molecule has 0 aliphatic rings. The topological polar surface area (TPSA) is 48.5 Å². The molecule has 15 aromatic rings. The second kappa shape index (κ2) is 12.6. The van der Waals surface area contributed by atoms with E-state index in [-0.39, 0.29) is 0 Å². The summed E-state index contributed by atoms with van der Waals surface area (Å²) < 4.78 is 20.3. The van der Waals surface area contributed by atoms with Crippen molar-refractivity contribution < 1.29 is 0 Å². The van der Waals surface area contributed by atoms with Crippen molar-refractivity contribution in [3.63, 3.8) is 0 Å². The molecule has 15 rings (SSSR count). The summed E-state index contributed by atoms with van der Waals surface area (Å²) in [6.07, 6.45) is 1.95. The van der Waals surface area contributed by atoms with Crippen LogP contribution in [-0.2, 0) is 0 Å². The largest absolute Gasteiger partial charge is 0.309 e. The third kappa shape index (κ3) is 4.61. The van der Waals surface area contributed by atoms with Crippen LogP contribution in [0.1, 0.15) is 0 Å². The number of hydrogen-bond acceptors (Lipinski definition) is 6. The number of nitrogens with zero attached hydrogens (tertiary/aromatic N) is 5. The molecule has 0 aliphatic heterocycles. The normalized spacial score (nSPS) is 12.4. The highest BCUT2D eigenvalue weighted by molar-refractivity contribution is 7.26.